The summed E-state index contributed by atoms with van der Waals surface area (Å²) in [4.78, 5) is 17.0. The molecule has 7 nitrogen and oxygen atoms in total. The molecule has 0 bridgehead atoms. The van der Waals surface area contributed by atoms with Crippen molar-refractivity contribution in [1.29, 1.82) is 5.26 Å². The highest BCUT2D eigenvalue weighted by atomic mass is 16.5. The van der Waals surface area contributed by atoms with Crippen LogP contribution in [0.3, 0.4) is 0 Å². The number of rotatable bonds is 6. The minimum absolute atomic E-state index is 0.0880. The first-order valence-electron chi connectivity index (χ1n) is 8.87. The van der Waals surface area contributed by atoms with Crippen molar-refractivity contribution in [2.75, 3.05) is 46.6 Å². The van der Waals surface area contributed by atoms with E-state index in [1.807, 2.05) is 18.2 Å². The summed E-state index contributed by atoms with van der Waals surface area (Å²) in [6.07, 6.45) is 0. The van der Waals surface area contributed by atoms with Crippen LogP contribution < -0.4 is 15.0 Å². The predicted molar refractivity (Wildman–Crippen MR) is 101 cm³/mol. The van der Waals surface area contributed by atoms with Crippen LogP contribution in [-0.2, 0) is 4.74 Å². The highest BCUT2D eigenvalue weighted by Gasteiger charge is 2.14. The third-order valence-electron chi connectivity index (χ3n) is 4.52. The molecule has 2 aromatic rings. The number of aryl methyl sites for hydroxylation is 1. The molecule has 0 radical (unpaired) electrons. The maximum atomic E-state index is 12.1. The first-order valence-corrected chi connectivity index (χ1v) is 8.87. The lowest BCUT2D eigenvalue weighted by Crippen LogP contribution is -2.38. The van der Waals surface area contributed by atoms with Gasteiger partial charge in [0.2, 0.25) is 0 Å². The van der Waals surface area contributed by atoms with Crippen molar-refractivity contribution in [1.82, 2.24) is 9.88 Å². The number of aromatic nitrogens is 1. The third-order valence-corrected chi connectivity index (χ3v) is 4.52. The number of nitriles is 1. The minimum Gasteiger partial charge on any atom is -0.493 e. The number of morpholine rings is 1. The van der Waals surface area contributed by atoms with E-state index in [1.165, 1.54) is 0 Å². The molecule has 1 aromatic carbocycles. The zero-order chi connectivity index (χ0) is 19.2. The van der Waals surface area contributed by atoms with Crippen LogP contribution >= 0.6 is 0 Å². The van der Waals surface area contributed by atoms with Gasteiger partial charge in [-0.25, -0.2) is 0 Å². The summed E-state index contributed by atoms with van der Waals surface area (Å²) in [6.45, 7) is 6.39. The fourth-order valence-electron chi connectivity index (χ4n) is 3.09. The second kappa shape index (κ2) is 8.71. The van der Waals surface area contributed by atoms with Crippen molar-refractivity contribution in [3.63, 3.8) is 0 Å². The Morgan fingerprint density at radius 2 is 2.04 bits per heavy atom. The highest BCUT2D eigenvalue weighted by molar-refractivity contribution is 5.72. The van der Waals surface area contributed by atoms with Gasteiger partial charge in [0.15, 0.2) is 11.5 Å². The lowest BCUT2D eigenvalue weighted by Gasteiger charge is -2.26. The van der Waals surface area contributed by atoms with Crippen molar-refractivity contribution in [2.45, 2.75) is 6.92 Å². The number of ether oxygens (including phenoxy) is 3. The fourth-order valence-corrected chi connectivity index (χ4v) is 3.09. The Hall–Kier alpha value is -2.82. The molecule has 0 amide bonds. The van der Waals surface area contributed by atoms with E-state index in [4.69, 9.17) is 14.2 Å². The topological polar surface area (TPSA) is 87.6 Å². The van der Waals surface area contributed by atoms with E-state index in [9.17, 15) is 10.1 Å². The summed E-state index contributed by atoms with van der Waals surface area (Å²) in [7, 11) is 1.59. The zero-order valence-corrected chi connectivity index (χ0v) is 15.6. The van der Waals surface area contributed by atoms with E-state index in [-0.39, 0.29) is 5.56 Å². The summed E-state index contributed by atoms with van der Waals surface area (Å²) in [5.74, 6) is 1.20. The summed E-state index contributed by atoms with van der Waals surface area (Å²) in [5, 5.41) is 9.37. The predicted octanol–water partition coefficient (Wildman–Crippen LogP) is 1.94. The smallest absolute Gasteiger partial charge is 0.266 e. The standard InChI is InChI=1S/C20H23N3O4/c1-14-11-16(17(13-21)20(24)22-14)15-3-4-18(25-2)19(12-15)27-10-7-23-5-8-26-9-6-23/h3-4,11-12H,5-10H2,1-2H3,(H,22,24). The van der Waals surface area contributed by atoms with Crippen LogP contribution in [0, 0.1) is 18.3 Å². The Morgan fingerprint density at radius 3 is 2.74 bits per heavy atom. The second-order valence-corrected chi connectivity index (χ2v) is 6.35. The van der Waals surface area contributed by atoms with Gasteiger partial charge in [-0.05, 0) is 30.7 Å². The molecule has 1 saturated heterocycles. The molecule has 1 aliphatic heterocycles. The Kier molecular flexibility index (Phi) is 6.12. The van der Waals surface area contributed by atoms with E-state index < -0.39 is 5.56 Å². The first-order chi connectivity index (χ1) is 13.1. The number of H-pyrrole nitrogens is 1. The van der Waals surface area contributed by atoms with Gasteiger partial charge >= 0.3 is 0 Å². The molecule has 0 saturated carbocycles. The Morgan fingerprint density at radius 1 is 1.26 bits per heavy atom. The molecule has 0 aliphatic carbocycles. The van der Waals surface area contributed by atoms with Gasteiger partial charge in [-0.2, -0.15) is 5.26 Å². The SMILES string of the molecule is COc1ccc(-c2cc(C)[nH]c(=O)c2C#N)cc1OCCN1CCOCC1. The number of methoxy groups -OCH3 is 1. The van der Waals surface area contributed by atoms with Gasteiger partial charge < -0.3 is 19.2 Å². The van der Waals surface area contributed by atoms with Gasteiger partial charge in [0, 0.05) is 30.9 Å². The minimum atomic E-state index is -0.391. The molecular formula is C20H23N3O4. The molecular weight excluding hydrogens is 346 g/mol. The molecule has 2 heterocycles. The average Bonchev–Trinajstić information content (AvgIpc) is 2.68. The van der Waals surface area contributed by atoms with Crippen molar-refractivity contribution in [2.24, 2.45) is 0 Å². The maximum Gasteiger partial charge on any atom is 0.266 e. The summed E-state index contributed by atoms with van der Waals surface area (Å²) >= 11 is 0. The fraction of sp³-hybridized carbons (Fsp3) is 0.400. The monoisotopic (exact) mass is 369 g/mol. The van der Waals surface area contributed by atoms with Gasteiger partial charge in [0.05, 0.1) is 20.3 Å². The number of nitrogens with zero attached hydrogens (tertiary/aromatic N) is 2. The molecule has 1 fully saturated rings. The Balaban J connectivity index is 1.83. The average molecular weight is 369 g/mol. The number of nitrogens with one attached hydrogen (secondary N) is 1. The van der Waals surface area contributed by atoms with Gasteiger partial charge in [0.25, 0.3) is 5.56 Å². The molecule has 1 aromatic heterocycles. The van der Waals surface area contributed by atoms with E-state index >= 15 is 0 Å². The van der Waals surface area contributed by atoms with Crippen LogP contribution in [0.25, 0.3) is 11.1 Å². The second-order valence-electron chi connectivity index (χ2n) is 6.35. The number of hydrogen-bond acceptors (Lipinski definition) is 6. The lowest BCUT2D eigenvalue weighted by atomic mass is 10.0. The number of pyridine rings is 1. The molecule has 1 aliphatic rings. The zero-order valence-electron chi connectivity index (χ0n) is 15.6. The van der Waals surface area contributed by atoms with Crippen LogP contribution in [0.4, 0.5) is 0 Å². The van der Waals surface area contributed by atoms with Gasteiger partial charge in [0.1, 0.15) is 18.2 Å². The summed E-state index contributed by atoms with van der Waals surface area (Å²) < 4.78 is 16.7. The number of benzene rings is 1. The Labute approximate surface area is 158 Å². The third kappa shape index (κ3) is 4.48. The molecule has 3 rings (SSSR count). The van der Waals surface area contributed by atoms with Crippen LogP contribution in [0.1, 0.15) is 11.3 Å². The maximum absolute atomic E-state index is 12.1. The van der Waals surface area contributed by atoms with Crippen LogP contribution in [0.5, 0.6) is 11.5 Å². The first kappa shape index (κ1) is 19.0. The van der Waals surface area contributed by atoms with Gasteiger partial charge in [-0.3, -0.25) is 9.69 Å². The quantitative estimate of drug-likeness (QED) is 0.837. The lowest BCUT2D eigenvalue weighted by molar-refractivity contribution is 0.0321. The largest absolute Gasteiger partial charge is 0.493 e. The molecule has 142 valence electrons. The van der Waals surface area contributed by atoms with Crippen molar-refractivity contribution < 1.29 is 14.2 Å². The van der Waals surface area contributed by atoms with Crippen LogP contribution in [-0.4, -0.2) is 56.4 Å². The van der Waals surface area contributed by atoms with E-state index in [2.05, 4.69) is 9.88 Å². The normalized spacial score (nSPS) is 14.6. The molecule has 0 spiro atoms. The van der Waals surface area contributed by atoms with E-state index in [0.29, 0.717) is 29.4 Å². The Bertz CT molecular complexity index is 895. The van der Waals surface area contributed by atoms with Crippen LogP contribution in [0.2, 0.25) is 0 Å². The van der Waals surface area contributed by atoms with Gasteiger partial charge in [-0.15, -0.1) is 0 Å². The van der Waals surface area contributed by atoms with E-state index in [1.54, 1.807) is 26.2 Å². The van der Waals surface area contributed by atoms with Crippen LogP contribution in [0.15, 0.2) is 29.1 Å². The highest BCUT2D eigenvalue weighted by Crippen LogP contribution is 2.33. The molecule has 7 heteroatoms. The molecule has 27 heavy (non-hydrogen) atoms. The summed E-state index contributed by atoms with van der Waals surface area (Å²) in [6, 6.07) is 9.20. The van der Waals surface area contributed by atoms with Crippen molar-refractivity contribution >= 4 is 0 Å². The van der Waals surface area contributed by atoms with E-state index in [0.717, 1.165) is 38.4 Å². The number of aromatic amines is 1. The van der Waals surface area contributed by atoms with Crippen molar-refractivity contribution in [3.8, 4) is 28.7 Å². The van der Waals surface area contributed by atoms with Gasteiger partial charge in [-0.1, -0.05) is 6.07 Å². The number of hydrogen-bond donors (Lipinski definition) is 1. The molecule has 0 unspecified atom stereocenters. The van der Waals surface area contributed by atoms with Crippen molar-refractivity contribution in [3.05, 3.63) is 45.9 Å². The molecule has 1 N–H and O–H groups in total. The molecule has 0 atom stereocenters. The summed E-state index contributed by atoms with van der Waals surface area (Å²) in [5.41, 5.74) is 1.71.